The van der Waals surface area contributed by atoms with Crippen molar-refractivity contribution in [3.63, 3.8) is 0 Å². The van der Waals surface area contributed by atoms with Crippen molar-refractivity contribution in [2.45, 2.75) is 0 Å². The lowest BCUT2D eigenvalue weighted by molar-refractivity contribution is 0.624. The first-order valence-corrected chi connectivity index (χ1v) is 4.77. The molecule has 2 aromatic carbocycles. The molecule has 0 aliphatic carbocycles. The van der Waals surface area contributed by atoms with Crippen LogP contribution < -0.4 is 5.73 Å². The number of hydrogen-bond donors (Lipinski definition) is 1. The van der Waals surface area contributed by atoms with E-state index in [9.17, 15) is 4.39 Å². The second-order valence-electron chi connectivity index (χ2n) is 3.40. The summed E-state index contributed by atoms with van der Waals surface area (Å²) < 4.78 is 13.4. The normalized spacial score (nSPS) is 9.75. The number of halogens is 1. The third-order valence-electron chi connectivity index (χ3n) is 2.35. The van der Waals surface area contributed by atoms with Crippen LogP contribution in [-0.4, -0.2) is 0 Å². The van der Waals surface area contributed by atoms with Crippen LogP contribution in [-0.2, 0) is 0 Å². The fourth-order valence-corrected chi connectivity index (χ4v) is 1.54. The highest BCUT2D eigenvalue weighted by Crippen LogP contribution is 2.25. The topological polar surface area (TPSA) is 49.8 Å². The Morgan fingerprint density at radius 2 is 1.75 bits per heavy atom. The Bertz CT molecular complexity index is 553. The van der Waals surface area contributed by atoms with Gasteiger partial charge in [0.1, 0.15) is 11.9 Å². The first kappa shape index (κ1) is 10.2. The molecule has 2 nitrogen and oxygen atoms in total. The van der Waals surface area contributed by atoms with E-state index < -0.39 is 5.82 Å². The zero-order valence-corrected chi connectivity index (χ0v) is 8.44. The lowest BCUT2D eigenvalue weighted by Crippen LogP contribution is -1.90. The van der Waals surface area contributed by atoms with E-state index in [1.807, 2.05) is 6.07 Å². The molecule has 0 atom stereocenters. The minimum atomic E-state index is -0.503. The molecule has 0 amide bonds. The molecule has 0 aliphatic heterocycles. The average molecular weight is 212 g/mol. The lowest BCUT2D eigenvalue weighted by atomic mass is 10.00. The fraction of sp³-hybridized carbons (Fsp3) is 0. The molecule has 2 rings (SSSR count). The van der Waals surface area contributed by atoms with Crippen LogP contribution in [0, 0.1) is 17.1 Å². The number of nitrogens with two attached hydrogens (primary N) is 1. The average Bonchev–Trinajstić information content (AvgIpc) is 2.30. The van der Waals surface area contributed by atoms with Crippen LogP contribution in [0.25, 0.3) is 11.1 Å². The monoisotopic (exact) mass is 212 g/mol. The van der Waals surface area contributed by atoms with Crippen molar-refractivity contribution in [1.82, 2.24) is 0 Å². The molecule has 0 fully saturated rings. The fourth-order valence-electron chi connectivity index (χ4n) is 1.54. The van der Waals surface area contributed by atoms with E-state index in [4.69, 9.17) is 11.0 Å². The molecule has 0 spiro atoms. The summed E-state index contributed by atoms with van der Waals surface area (Å²) >= 11 is 0. The summed E-state index contributed by atoms with van der Waals surface area (Å²) in [4.78, 5) is 0. The summed E-state index contributed by atoms with van der Waals surface area (Å²) in [6, 6.07) is 13.4. The highest BCUT2D eigenvalue weighted by molar-refractivity contribution is 5.71. The predicted octanol–water partition coefficient (Wildman–Crippen LogP) is 2.95. The molecule has 0 aromatic heterocycles. The van der Waals surface area contributed by atoms with E-state index in [0.717, 1.165) is 5.56 Å². The Morgan fingerprint density at radius 1 is 1.06 bits per heavy atom. The van der Waals surface area contributed by atoms with Crippen LogP contribution in [0.1, 0.15) is 5.56 Å². The Kier molecular flexibility index (Phi) is 2.57. The first-order valence-electron chi connectivity index (χ1n) is 4.77. The molecule has 0 saturated heterocycles. The number of benzene rings is 2. The molecule has 0 saturated carbocycles. The van der Waals surface area contributed by atoms with Gasteiger partial charge in [0.05, 0.1) is 5.56 Å². The molecule has 2 aromatic rings. The van der Waals surface area contributed by atoms with E-state index in [1.54, 1.807) is 36.4 Å². The van der Waals surface area contributed by atoms with E-state index in [0.29, 0.717) is 11.3 Å². The van der Waals surface area contributed by atoms with E-state index in [1.165, 1.54) is 6.07 Å². The van der Waals surface area contributed by atoms with Gasteiger partial charge in [-0.3, -0.25) is 0 Å². The molecule has 2 N–H and O–H groups in total. The summed E-state index contributed by atoms with van der Waals surface area (Å²) in [7, 11) is 0. The SMILES string of the molecule is N#Cc1c(F)cccc1-c1ccc(N)cc1. The zero-order chi connectivity index (χ0) is 11.5. The van der Waals surface area contributed by atoms with Crippen molar-refractivity contribution in [3.8, 4) is 17.2 Å². The van der Waals surface area contributed by atoms with Gasteiger partial charge < -0.3 is 5.73 Å². The second-order valence-corrected chi connectivity index (χ2v) is 3.40. The van der Waals surface area contributed by atoms with Gasteiger partial charge in [0.2, 0.25) is 0 Å². The van der Waals surface area contributed by atoms with Gasteiger partial charge in [-0.2, -0.15) is 5.26 Å². The Labute approximate surface area is 92.8 Å². The smallest absolute Gasteiger partial charge is 0.141 e. The summed E-state index contributed by atoms with van der Waals surface area (Å²) in [5, 5.41) is 8.90. The minimum absolute atomic E-state index is 0.0623. The van der Waals surface area contributed by atoms with Crippen molar-refractivity contribution in [2.75, 3.05) is 5.73 Å². The molecule has 0 bridgehead atoms. The van der Waals surface area contributed by atoms with E-state index in [-0.39, 0.29) is 5.56 Å². The standard InChI is InChI=1S/C13H9FN2/c14-13-3-1-2-11(12(13)8-15)9-4-6-10(16)7-5-9/h1-7H,16H2. The van der Waals surface area contributed by atoms with Crippen molar-refractivity contribution >= 4 is 5.69 Å². The van der Waals surface area contributed by atoms with E-state index >= 15 is 0 Å². The number of nitriles is 1. The Morgan fingerprint density at radius 3 is 2.38 bits per heavy atom. The molecule has 0 aliphatic rings. The third kappa shape index (κ3) is 1.73. The van der Waals surface area contributed by atoms with Crippen LogP contribution in [0.15, 0.2) is 42.5 Å². The van der Waals surface area contributed by atoms with Gasteiger partial charge >= 0.3 is 0 Å². The summed E-state index contributed by atoms with van der Waals surface area (Å²) in [6.45, 7) is 0. The van der Waals surface area contributed by atoms with Gasteiger partial charge in [0.25, 0.3) is 0 Å². The summed E-state index contributed by atoms with van der Waals surface area (Å²) in [6.07, 6.45) is 0. The van der Waals surface area contributed by atoms with Gasteiger partial charge in [-0.15, -0.1) is 0 Å². The second kappa shape index (κ2) is 4.03. The Hall–Kier alpha value is -2.34. The summed E-state index contributed by atoms with van der Waals surface area (Å²) in [5.74, 6) is -0.503. The molecule has 0 heterocycles. The van der Waals surface area contributed by atoms with Crippen LogP contribution in [0.3, 0.4) is 0 Å². The first-order chi connectivity index (χ1) is 7.72. The van der Waals surface area contributed by atoms with Crippen LogP contribution >= 0.6 is 0 Å². The van der Waals surface area contributed by atoms with Crippen LogP contribution in [0.5, 0.6) is 0 Å². The number of nitrogens with zero attached hydrogens (tertiary/aromatic N) is 1. The maximum Gasteiger partial charge on any atom is 0.141 e. The maximum atomic E-state index is 13.4. The minimum Gasteiger partial charge on any atom is -0.399 e. The number of rotatable bonds is 1. The van der Waals surface area contributed by atoms with Gasteiger partial charge in [0, 0.05) is 11.3 Å². The van der Waals surface area contributed by atoms with Crippen LogP contribution in [0.4, 0.5) is 10.1 Å². The molecular formula is C13H9FN2. The van der Waals surface area contributed by atoms with Gasteiger partial charge in [-0.25, -0.2) is 4.39 Å². The van der Waals surface area contributed by atoms with Crippen molar-refractivity contribution in [2.24, 2.45) is 0 Å². The van der Waals surface area contributed by atoms with Crippen LogP contribution in [0.2, 0.25) is 0 Å². The van der Waals surface area contributed by atoms with Gasteiger partial charge in [-0.05, 0) is 23.8 Å². The predicted molar refractivity (Wildman–Crippen MR) is 61.0 cm³/mol. The van der Waals surface area contributed by atoms with Crippen molar-refractivity contribution < 1.29 is 4.39 Å². The van der Waals surface area contributed by atoms with Crippen molar-refractivity contribution in [3.05, 3.63) is 53.8 Å². The number of nitrogen functional groups attached to an aromatic ring is 1. The largest absolute Gasteiger partial charge is 0.399 e. The maximum absolute atomic E-state index is 13.4. The molecule has 0 unspecified atom stereocenters. The highest BCUT2D eigenvalue weighted by Gasteiger charge is 2.08. The molecule has 3 heteroatoms. The quantitative estimate of drug-likeness (QED) is 0.739. The van der Waals surface area contributed by atoms with E-state index in [2.05, 4.69) is 0 Å². The lowest BCUT2D eigenvalue weighted by Gasteiger charge is -2.05. The highest BCUT2D eigenvalue weighted by atomic mass is 19.1. The molecule has 0 radical (unpaired) electrons. The molecule has 16 heavy (non-hydrogen) atoms. The molecule has 78 valence electrons. The molecular weight excluding hydrogens is 203 g/mol. The Balaban J connectivity index is 2.61. The third-order valence-corrected chi connectivity index (χ3v) is 2.35. The summed E-state index contributed by atoms with van der Waals surface area (Å²) in [5.41, 5.74) is 7.63. The zero-order valence-electron chi connectivity index (χ0n) is 8.44. The van der Waals surface area contributed by atoms with Gasteiger partial charge in [0.15, 0.2) is 0 Å². The van der Waals surface area contributed by atoms with Gasteiger partial charge in [-0.1, -0.05) is 24.3 Å². The van der Waals surface area contributed by atoms with Crippen molar-refractivity contribution in [1.29, 1.82) is 5.26 Å². The number of anilines is 1. The number of hydrogen-bond acceptors (Lipinski definition) is 2.